The van der Waals surface area contributed by atoms with E-state index in [2.05, 4.69) is 36.2 Å². The lowest BCUT2D eigenvalue weighted by Crippen LogP contribution is -2.62. The summed E-state index contributed by atoms with van der Waals surface area (Å²) in [5.74, 6) is 0. The third-order valence-electron chi connectivity index (χ3n) is 3.12. The van der Waals surface area contributed by atoms with Crippen molar-refractivity contribution >= 4 is 5.69 Å². The molecule has 1 aromatic rings. The van der Waals surface area contributed by atoms with Gasteiger partial charge in [-0.05, 0) is 26.0 Å². The van der Waals surface area contributed by atoms with E-state index in [1.54, 1.807) is 0 Å². The zero-order valence-corrected chi connectivity index (χ0v) is 9.98. The second kappa shape index (κ2) is 4.44. The molecule has 0 spiro atoms. The molecule has 16 heavy (non-hydrogen) atoms. The van der Waals surface area contributed by atoms with Gasteiger partial charge < -0.3 is 15.3 Å². The molecule has 1 heterocycles. The third-order valence-corrected chi connectivity index (χ3v) is 3.12. The number of benzene rings is 1. The van der Waals surface area contributed by atoms with E-state index in [1.807, 2.05) is 18.2 Å². The Balaban J connectivity index is 2.22. The van der Waals surface area contributed by atoms with Crippen LogP contribution >= 0.6 is 0 Å². The Morgan fingerprint density at radius 1 is 1.38 bits per heavy atom. The van der Waals surface area contributed by atoms with Crippen molar-refractivity contribution < 1.29 is 5.11 Å². The number of hydrogen-bond acceptors (Lipinski definition) is 3. The van der Waals surface area contributed by atoms with Gasteiger partial charge in [0.05, 0.1) is 12.6 Å². The van der Waals surface area contributed by atoms with Gasteiger partial charge in [-0.2, -0.15) is 0 Å². The molecule has 1 aromatic carbocycles. The largest absolute Gasteiger partial charge is 0.394 e. The van der Waals surface area contributed by atoms with Crippen molar-refractivity contribution in [2.45, 2.75) is 25.4 Å². The molecule has 3 nitrogen and oxygen atoms in total. The summed E-state index contributed by atoms with van der Waals surface area (Å²) in [6, 6.07) is 10.5. The number of nitrogens with one attached hydrogen (secondary N) is 1. The number of aliphatic hydroxyl groups excluding tert-OH is 1. The first-order valence-corrected chi connectivity index (χ1v) is 5.80. The average molecular weight is 220 g/mol. The van der Waals surface area contributed by atoms with Gasteiger partial charge in [-0.15, -0.1) is 0 Å². The van der Waals surface area contributed by atoms with Gasteiger partial charge in [0.25, 0.3) is 0 Å². The summed E-state index contributed by atoms with van der Waals surface area (Å²) in [6.07, 6.45) is 0. The van der Waals surface area contributed by atoms with Gasteiger partial charge in [-0.1, -0.05) is 18.2 Å². The molecular formula is C13H20N2O. The SMILES string of the molecule is CC1(C)CN(c2ccccc2)C(CO)CN1. The summed E-state index contributed by atoms with van der Waals surface area (Å²) in [6.45, 7) is 6.33. The normalized spacial score (nSPS) is 24.4. The van der Waals surface area contributed by atoms with E-state index in [0.717, 1.165) is 13.1 Å². The number of piperazine rings is 1. The van der Waals surface area contributed by atoms with Crippen molar-refractivity contribution in [3.05, 3.63) is 30.3 Å². The molecule has 3 heteroatoms. The Hall–Kier alpha value is -1.06. The van der Waals surface area contributed by atoms with E-state index in [0.29, 0.717) is 0 Å². The van der Waals surface area contributed by atoms with Crippen molar-refractivity contribution in [3.63, 3.8) is 0 Å². The zero-order chi connectivity index (χ0) is 11.6. The fourth-order valence-electron chi connectivity index (χ4n) is 2.20. The van der Waals surface area contributed by atoms with Crippen LogP contribution in [0.15, 0.2) is 30.3 Å². The van der Waals surface area contributed by atoms with Gasteiger partial charge in [-0.25, -0.2) is 0 Å². The molecule has 0 radical (unpaired) electrons. The van der Waals surface area contributed by atoms with Crippen LogP contribution in [0, 0.1) is 0 Å². The zero-order valence-electron chi connectivity index (χ0n) is 9.98. The van der Waals surface area contributed by atoms with Crippen LogP contribution in [0.25, 0.3) is 0 Å². The van der Waals surface area contributed by atoms with Crippen LogP contribution < -0.4 is 10.2 Å². The molecule has 1 saturated heterocycles. The monoisotopic (exact) mass is 220 g/mol. The predicted octanol–water partition coefficient (Wildman–Crippen LogP) is 1.24. The Morgan fingerprint density at radius 2 is 2.06 bits per heavy atom. The summed E-state index contributed by atoms with van der Waals surface area (Å²) in [5.41, 5.74) is 1.29. The van der Waals surface area contributed by atoms with Gasteiger partial charge in [0.1, 0.15) is 0 Å². The van der Waals surface area contributed by atoms with Crippen LogP contribution in [0.4, 0.5) is 5.69 Å². The second-order valence-electron chi connectivity index (χ2n) is 5.06. The van der Waals surface area contributed by atoms with Crippen molar-refractivity contribution in [3.8, 4) is 0 Å². The van der Waals surface area contributed by atoms with Crippen LogP contribution in [0.2, 0.25) is 0 Å². The van der Waals surface area contributed by atoms with E-state index in [9.17, 15) is 5.11 Å². The maximum atomic E-state index is 9.41. The highest BCUT2D eigenvalue weighted by Crippen LogP contribution is 2.22. The molecule has 1 aliphatic heterocycles. The highest BCUT2D eigenvalue weighted by molar-refractivity contribution is 5.48. The number of hydrogen-bond donors (Lipinski definition) is 2. The topological polar surface area (TPSA) is 35.5 Å². The van der Waals surface area contributed by atoms with Crippen molar-refractivity contribution in [2.24, 2.45) is 0 Å². The lowest BCUT2D eigenvalue weighted by atomic mass is 9.98. The Bertz CT molecular complexity index is 337. The minimum absolute atomic E-state index is 0.0987. The summed E-state index contributed by atoms with van der Waals surface area (Å²) in [7, 11) is 0. The molecule has 88 valence electrons. The van der Waals surface area contributed by atoms with Gasteiger partial charge >= 0.3 is 0 Å². The molecule has 0 bridgehead atoms. The third kappa shape index (κ3) is 2.36. The molecule has 0 aliphatic carbocycles. The molecule has 1 fully saturated rings. The number of para-hydroxylation sites is 1. The molecule has 2 N–H and O–H groups in total. The van der Waals surface area contributed by atoms with E-state index in [-0.39, 0.29) is 18.2 Å². The van der Waals surface area contributed by atoms with Gasteiger partial charge in [-0.3, -0.25) is 0 Å². The molecule has 0 aromatic heterocycles. The lowest BCUT2D eigenvalue weighted by molar-refractivity contribution is 0.215. The van der Waals surface area contributed by atoms with Crippen LogP contribution in [-0.2, 0) is 0 Å². The molecule has 0 amide bonds. The molecule has 1 atom stereocenters. The summed E-state index contributed by atoms with van der Waals surface area (Å²) >= 11 is 0. The first-order valence-electron chi connectivity index (χ1n) is 5.80. The van der Waals surface area contributed by atoms with Crippen LogP contribution in [-0.4, -0.2) is 36.4 Å². The van der Waals surface area contributed by atoms with Crippen LogP contribution in [0.5, 0.6) is 0 Å². The van der Waals surface area contributed by atoms with Crippen LogP contribution in [0.3, 0.4) is 0 Å². The standard InChI is InChI=1S/C13H20N2O/c1-13(2)10-15(12(9-16)8-14-13)11-6-4-3-5-7-11/h3-7,12,14,16H,8-10H2,1-2H3. The fraction of sp³-hybridized carbons (Fsp3) is 0.538. The smallest absolute Gasteiger partial charge is 0.0647 e. The maximum absolute atomic E-state index is 9.41. The quantitative estimate of drug-likeness (QED) is 0.787. The number of rotatable bonds is 2. The van der Waals surface area contributed by atoms with E-state index >= 15 is 0 Å². The number of anilines is 1. The van der Waals surface area contributed by atoms with Gasteiger partial charge in [0.15, 0.2) is 0 Å². The number of aliphatic hydroxyl groups is 1. The molecule has 1 aliphatic rings. The number of nitrogens with zero attached hydrogens (tertiary/aromatic N) is 1. The van der Waals surface area contributed by atoms with E-state index in [4.69, 9.17) is 0 Å². The molecule has 2 rings (SSSR count). The van der Waals surface area contributed by atoms with Crippen molar-refractivity contribution in [2.75, 3.05) is 24.6 Å². The molecule has 1 unspecified atom stereocenters. The van der Waals surface area contributed by atoms with Crippen LogP contribution in [0.1, 0.15) is 13.8 Å². The highest BCUT2D eigenvalue weighted by atomic mass is 16.3. The first-order chi connectivity index (χ1) is 7.62. The average Bonchev–Trinajstić information content (AvgIpc) is 2.29. The summed E-state index contributed by atoms with van der Waals surface area (Å²) in [5, 5.41) is 12.9. The van der Waals surface area contributed by atoms with Crippen molar-refractivity contribution in [1.82, 2.24) is 5.32 Å². The Labute approximate surface area is 97.1 Å². The summed E-state index contributed by atoms with van der Waals surface area (Å²) in [4.78, 5) is 2.29. The minimum atomic E-state index is 0.0987. The maximum Gasteiger partial charge on any atom is 0.0647 e. The van der Waals surface area contributed by atoms with Gasteiger partial charge in [0, 0.05) is 24.3 Å². The second-order valence-corrected chi connectivity index (χ2v) is 5.06. The predicted molar refractivity (Wildman–Crippen MR) is 66.7 cm³/mol. The van der Waals surface area contributed by atoms with Gasteiger partial charge in [0.2, 0.25) is 0 Å². The fourth-order valence-corrected chi connectivity index (χ4v) is 2.20. The molecule has 0 saturated carbocycles. The van der Waals surface area contributed by atoms with Crippen molar-refractivity contribution in [1.29, 1.82) is 0 Å². The lowest BCUT2D eigenvalue weighted by Gasteiger charge is -2.45. The van der Waals surface area contributed by atoms with E-state index < -0.39 is 0 Å². The highest BCUT2D eigenvalue weighted by Gasteiger charge is 2.31. The minimum Gasteiger partial charge on any atom is -0.394 e. The Morgan fingerprint density at radius 3 is 2.69 bits per heavy atom. The molecular weight excluding hydrogens is 200 g/mol. The van der Waals surface area contributed by atoms with E-state index in [1.165, 1.54) is 5.69 Å². The first kappa shape index (κ1) is 11.4. The summed E-state index contributed by atoms with van der Waals surface area (Å²) < 4.78 is 0. The Kier molecular flexibility index (Phi) is 3.17.